The van der Waals surface area contributed by atoms with Gasteiger partial charge in [0.05, 0.1) is 13.2 Å². The van der Waals surface area contributed by atoms with Gasteiger partial charge < -0.3 is 15.4 Å². The molecular weight excluding hydrogens is 224 g/mol. The largest absolute Gasteiger partial charge is 0.388 e. The van der Waals surface area contributed by atoms with E-state index in [0.29, 0.717) is 6.61 Å². The zero-order valence-electron chi connectivity index (χ0n) is 9.85. The van der Waals surface area contributed by atoms with Crippen LogP contribution in [0.25, 0.3) is 0 Å². The second-order valence-corrected chi connectivity index (χ2v) is 3.93. The lowest BCUT2D eigenvalue weighted by atomic mass is 10.1. The van der Waals surface area contributed by atoms with E-state index in [-0.39, 0.29) is 0 Å². The lowest BCUT2D eigenvalue weighted by molar-refractivity contribution is 0.140. The van der Waals surface area contributed by atoms with Gasteiger partial charge in [-0.1, -0.05) is 17.7 Å². The van der Waals surface area contributed by atoms with E-state index in [1.807, 2.05) is 32.3 Å². The maximum absolute atomic E-state index is 6.14. The van der Waals surface area contributed by atoms with E-state index in [2.05, 4.69) is 10.6 Å². The highest BCUT2D eigenvalue weighted by atomic mass is 35.5. The number of likely N-dealkylation sites (N-methyl/N-ethyl adjacent to an activating group) is 1. The average Bonchev–Trinajstić information content (AvgIpc) is 2.30. The Hall–Kier alpha value is -0.770. The van der Waals surface area contributed by atoms with Crippen LogP contribution >= 0.6 is 11.6 Å². The third-order valence-corrected chi connectivity index (χ3v) is 2.71. The molecule has 90 valence electrons. The number of halogens is 1. The summed E-state index contributed by atoms with van der Waals surface area (Å²) in [7, 11) is 3.79. The van der Waals surface area contributed by atoms with E-state index in [9.17, 15) is 0 Å². The van der Waals surface area contributed by atoms with Crippen molar-refractivity contribution >= 4 is 17.3 Å². The zero-order valence-corrected chi connectivity index (χ0v) is 10.6. The average molecular weight is 243 g/mol. The van der Waals surface area contributed by atoms with Crippen molar-refractivity contribution in [2.45, 2.75) is 6.42 Å². The highest BCUT2D eigenvalue weighted by molar-refractivity contribution is 6.31. The number of anilines is 1. The normalized spacial score (nSPS) is 10.4. The van der Waals surface area contributed by atoms with Gasteiger partial charge in [-0.25, -0.2) is 0 Å². The van der Waals surface area contributed by atoms with E-state index in [1.165, 1.54) is 0 Å². The van der Waals surface area contributed by atoms with Crippen LogP contribution in [0.4, 0.5) is 5.69 Å². The van der Waals surface area contributed by atoms with Gasteiger partial charge in [0, 0.05) is 24.3 Å². The minimum atomic E-state index is 0.709. The summed E-state index contributed by atoms with van der Waals surface area (Å²) in [4.78, 5) is 0. The number of ether oxygens (including phenoxy) is 1. The number of nitrogens with one attached hydrogen (secondary N) is 2. The summed E-state index contributed by atoms with van der Waals surface area (Å²) in [6.45, 7) is 2.33. The molecule has 0 atom stereocenters. The van der Waals surface area contributed by atoms with E-state index < -0.39 is 0 Å². The molecule has 1 aromatic rings. The van der Waals surface area contributed by atoms with Crippen molar-refractivity contribution in [3.8, 4) is 0 Å². The molecular formula is C12H19ClN2O. The lowest BCUT2D eigenvalue weighted by Gasteiger charge is -2.07. The monoisotopic (exact) mass is 242 g/mol. The molecule has 0 saturated heterocycles. The predicted molar refractivity (Wildman–Crippen MR) is 69.4 cm³/mol. The molecule has 0 unspecified atom stereocenters. The van der Waals surface area contributed by atoms with Crippen molar-refractivity contribution in [1.82, 2.24) is 5.32 Å². The van der Waals surface area contributed by atoms with Gasteiger partial charge in [0.2, 0.25) is 0 Å². The van der Waals surface area contributed by atoms with Crippen LogP contribution in [0.1, 0.15) is 5.56 Å². The van der Waals surface area contributed by atoms with Crippen molar-refractivity contribution in [2.75, 3.05) is 39.2 Å². The third-order valence-electron chi connectivity index (χ3n) is 2.35. The molecule has 0 aromatic heterocycles. The molecule has 1 rings (SSSR count). The molecule has 2 N–H and O–H groups in total. The number of rotatable bonds is 7. The molecule has 0 aliphatic heterocycles. The molecule has 1 aromatic carbocycles. The SMILES string of the molecule is CNCCOCCc1ccc(NC)cc1Cl. The summed E-state index contributed by atoms with van der Waals surface area (Å²) >= 11 is 6.14. The van der Waals surface area contributed by atoms with Crippen molar-refractivity contribution in [3.63, 3.8) is 0 Å². The van der Waals surface area contributed by atoms with E-state index in [0.717, 1.165) is 35.8 Å². The fourth-order valence-electron chi connectivity index (χ4n) is 1.36. The van der Waals surface area contributed by atoms with Gasteiger partial charge in [0.25, 0.3) is 0 Å². The summed E-state index contributed by atoms with van der Waals surface area (Å²) in [5, 5.41) is 6.88. The fraction of sp³-hybridized carbons (Fsp3) is 0.500. The Bertz CT molecular complexity index is 318. The maximum Gasteiger partial charge on any atom is 0.0590 e. The zero-order chi connectivity index (χ0) is 11.8. The molecule has 3 nitrogen and oxygen atoms in total. The fourth-order valence-corrected chi connectivity index (χ4v) is 1.64. The Morgan fingerprint density at radius 3 is 2.69 bits per heavy atom. The highest BCUT2D eigenvalue weighted by Gasteiger charge is 2.01. The van der Waals surface area contributed by atoms with Gasteiger partial charge >= 0.3 is 0 Å². The van der Waals surface area contributed by atoms with Crippen molar-refractivity contribution in [1.29, 1.82) is 0 Å². The molecule has 0 fully saturated rings. The first-order valence-corrected chi connectivity index (χ1v) is 5.84. The molecule has 0 aliphatic rings. The molecule has 0 saturated carbocycles. The first kappa shape index (κ1) is 13.3. The van der Waals surface area contributed by atoms with Crippen LogP contribution in [-0.4, -0.2) is 33.9 Å². The second-order valence-electron chi connectivity index (χ2n) is 3.52. The Labute approximate surface area is 102 Å². The Kier molecular flexibility index (Phi) is 6.23. The van der Waals surface area contributed by atoms with E-state index >= 15 is 0 Å². The van der Waals surface area contributed by atoms with Gasteiger partial charge in [0.1, 0.15) is 0 Å². The van der Waals surface area contributed by atoms with Gasteiger partial charge in [-0.2, -0.15) is 0 Å². The molecule has 0 amide bonds. The minimum absolute atomic E-state index is 0.709. The smallest absolute Gasteiger partial charge is 0.0590 e. The van der Waals surface area contributed by atoms with Crippen molar-refractivity contribution < 1.29 is 4.74 Å². The molecule has 4 heteroatoms. The van der Waals surface area contributed by atoms with Crippen molar-refractivity contribution in [2.24, 2.45) is 0 Å². The standard InChI is InChI=1S/C12H19ClN2O/c1-14-6-8-16-7-5-10-3-4-11(15-2)9-12(10)13/h3-4,9,14-15H,5-8H2,1-2H3. The van der Waals surface area contributed by atoms with Crippen LogP contribution in [0.5, 0.6) is 0 Å². The summed E-state index contributed by atoms with van der Waals surface area (Å²) in [6.07, 6.45) is 0.854. The van der Waals surface area contributed by atoms with Gasteiger partial charge in [0.15, 0.2) is 0 Å². The third kappa shape index (κ3) is 4.39. The van der Waals surface area contributed by atoms with Gasteiger partial charge in [-0.15, -0.1) is 0 Å². The summed E-state index contributed by atoms with van der Waals surface area (Å²) in [5.41, 5.74) is 2.16. The Morgan fingerprint density at radius 1 is 1.25 bits per heavy atom. The molecule has 0 spiro atoms. The topological polar surface area (TPSA) is 33.3 Å². The summed E-state index contributed by atoms with van der Waals surface area (Å²) in [6, 6.07) is 5.99. The number of hydrogen-bond donors (Lipinski definition) is 2. The van der Waals surface area contributed by atoms with Crippen LogP contribution < -0.4 is 10.6 Å². The number of benzene rings is 1. The number of hydrogen-bond acceptors (Lipinski definition) is 3. The van der Waals surface area contributed by atoms with Crippen LogP contribution in [0.15, 0.2) is 18.2 Å². The maximum atomic E-state index is 6.14. The molecule has 0 bridgehead atoms. The first-order valence-electron chi connectivity index (χ1n) is 5.46. The van der Waals surface area contributed by atoms with Crippen LogP contribution in [0.3, 0.4) is 0 Å². The van der Waals surface area contributed by atoms with Gasteiger partial charge in [-0.05, 0) is 31.2 Å². The quantitative estimate of drug-likeness (QED) is 0.719. The molecule has 0 radical (unpaired) electrons. The van der Waals surface area contributed by atoms with Crippen LogP contribution in [0, 0.1) is 0 Å². The van der Waals surface area contributed by atoms with Crippen molar-refractivity contribution in [3.05, 3.63) is 28.8 Å². The molecule has 0 aliphatic carbocycles. The van der Waals surface area contributed by atoms with Crippen LogP contribution in [-0.2, 0) is 11.2 Å². The Balaban J connectivity index is 2.36. The predicted octanol–water partition coefficient (Wildman–Crippen LogP) is 2.16. The Morgan fingerprint density at radius 2 is 2.06 bits per heavy atom. The van der Waals surface area contributed by atoms with Gasteiger partial charge in [-0.3, -0.25) is 0 Å². The lowest BCUT2D eigenvalue weighted by Crippen LogP contribution is -2.15. The van der Waals surface area contributed by atoms with E-state index in [4.69, 9.17) is 16.3 Å². The first-order chi connectivity index (χ1) is 7.77. The second kappa shape index (κ2) is 7.49. The highest BCUT2D eigenvalue weighted by Crippen LogP contribution is 2.21. The molecule has 0 heterocycles. The van der Waals surface area contributed by atoms with Crippen LogP contribution in [0.2, 0.25) is 5.02 Å². The minimum Gasteiger partial charge on any atom is -0.388 e. The molecule has 16 heavy (non-hydrogen) atoms. The van der Waals surface area contributed by atoms with E-state index in [1.54, 1.807) is 0 Å². The summed E-state index contributed by atoms with van der Waals surface area (Å²) in [5.74, 6) is 0. The summed E-state index contributed by atoms with van der Waals surface area (Å²) < 4.78 is 5.45.